The zero-order valence-electron chi connectivity index (χ0n) is 15.0. The lowest BCUT2D eigenvalue weighted by atomic mass is 9.94. The molecule has 0 saturated carbocycles. The molecule has 0 aromatic heterocycles. The van der Waals surface area contributed by atoms with Crippen molar-refractivity contribution in [3.05, 3.63) is 0 Å². The Hall–Kier alpha value is -1.19. The molecule has 5 N–H and O–H groups in total. The van der Waals surface area contributed by atoms with E-state index in [1.54, 1.807) is 20.8 Å². The molecule has 1 rings (SSSR count). The van der Waals surface area contributed by atoms with E-state index in [0.29, 0.717) is 19.4 Å². The van der Waals surface area contributed by atoms with Crippen molar-refractivity contribution < 1.29 is 24.2 Å². The summed E-state index contributed by atoms with van der Waals surface area (Å²) in [4.78, 5) is 38.2. The monoisotopic (exact) mass is 421 g/mol. The second kappa shape index (κ2) is 8.46. The van der Waals surface area contributed by atoms with E-state index < -0.39 is 35.0 Å². The van der Waals surface area contributed by atoms with E-state index in [-0.39, 0.29) is 17.8 Å². The van der Waals surface area contributed by atoms with E-state index >= 15 is 0 Å². The summed E-state index contributed by atoms with van der Waals surface area (Å²) in [5.74, 6) is -2.92. The number of nitrogens with two attached hydrogens (primary N) is 2. The minimum atomic E-state index is -2.07. The van der Waals surface area contributed by atoms with E-state index in [4.69, 9.17) is 16.2 Å². The van der Waals surface area contributed by atoms with Gasteiger partial charge in [-0.05, 0) is 40.2 Å². The van der Waals surface area contributed by atoms with Gasteiger partial charge in [-0.3, -0.25) is 4.79 Å². The van der Waals surface area contributed by atoms with Crippen LogP contribution in [0.4, 0.5) is 0 Å². The molecule has 1 amide bonds. The van der Waals surface area contributed by atoms with Crippen molar-refractivity contribution in [2.75, 3.05) is 13.1 Å². The fourth-order valence-corrected chi connectivity index (χ4v) is 3.56. The van der Waals surface area contributed by atoms with Gasteiger partial charge in [0.15, 0.2) is 0 Å². The molecule has 144 valence electrons. The summed E-state index contributed by atoms with van der Waals surface area (Å²) in [5.41, 5.74) is 8.43. The van der Waals surface area contributed by atoms with Gasteiger partial charge in [-0.15, -0.1) is 0 Å². The Balaban J connectivity index is 3.10. The van der Waals surface area contributed by atoms with Crippen molar-refractivity contribution in [1.82, 2.24) is 4.90 Å². The standard InChI is InChI=1S/C16H28BrN3O5/c1-15(2,3)25-14(24)16(13(22)23)8-10(17)9-20(16)12(21)11(19)6-4-5-7-18/h10-11H,4-9,18-19H2,1-3H3,(H,22,23)/t10?,11-,16-/m0/s1. The SMILES string of the molecule is CC(C)(C)OC(=O)[C@@]1(C(=O)O)CC(Br)CN1C(=O)[C@@H](N)CCCCN. The molecule has 1 saturated heterocycles. The second-order valence-electron chi connectivity index (χ2n) is 7.31. The smallest absolute Gasteiger partial charge is 0.344 e. The Morgan fingerprint density at radius 3 is 2.44 bits per heavy atom. The zero-order chi connectivity index (χ0) is 19.4. The number of hydrogen-bond donors (Lipinski definition) is 3. The fourth-order valence-electron chi connectivity index (χ4n) is 2.81. The molecule has 8 nitrogen and oxygen atoms in total. The van der Waals surface area contributed by atoms with Crippen molar-refractivity contribution in [2.45, 2.75) is 68.5 Å². The lowest BCUT2D eigenvalue weighted by Gasteiger charge is -2.35. The highest BCUT2D eigenvalue weighted by Gasteiger charge is 2.61. The van der Waals surface area contributed by atoms with Gasteiger partial charge in [0.1, 0.15) is 5.60 Å². The molecule has 0 spiro atoms. The number of nitrogens with zero attached hydrogens (tertiary/aromatic N) is 1. The number of rotatable bonds is 7. The fraction of sp³-hybridized carbons (Fsp3) is 0.812. The number of unbranched alkanes of at least 4 members (excludes halogenated alkanes) is 1. The van der Waals surface area contributed by atoms with Gasteiger partial charge in [0, 0.05) is 17.8 Å². The quantitative estimate of drug-likeness (QED) is 0.237. The highest BCUT2D eigenvalue weighted by Crippen LogP contribution is 2.36. The maximum absolute atomic E-state index is 12.8. The number of alkyl halides is 1. The van der Waals surface area contributed by atoms with Gasteiger partial charge >= 0.3 is 11.9 Å². The molecule has 1 aliphatic heterocycles. The number of aliphatic carboxylic acids is 1. The van der Waals surface area contributed by atoms with Crippen LogP contribution in [0.5, 0.6) is 0 Å². The first kappa shape index (κ1) is 21.9. The van der Waals surface area contributed by atoms with E-state index in [1.807, 2.05) is 0 Å². The minimum Gasteiger partial charge on any atom is -0.479 e. The Bertz CT molecular complexity index is 522. The van der Waals surface area contributed by atoms with Crippen molar-refractivity contribution in [1.29, 1.82) is 0 Å². The van der Waals surface area contributed by atoms with Crippen LogP contribution < -0.4 is 11.5 Å². The van der Waals surface area contributed by atoms with Crippen LogP contribution >= 0.6 is 15.9 Å². The third-order valence-electron chi connectivity index (χ3n) is 4.00. The molecule has 1 unspecified atom stereocenters. The number of esters is 1. The lowest BCUT2D eigenvalue weighted by Crippen LogP contribution is -2.62. The molecule has 9 heteroatoms. The average molecular weight is 422 g/mol. The van der Waals surface area contributed by atoms with Crippen LogP contribution in [0.15, 0.2) is 0 Å². The Morgan fingerprint density at radius 2 is 1.96 bits per heavy atom. The van der Waals surface area contributed by atoms with Gasteiger partial charge in [0.25, 0.3) is 0 Å². The van der Waals surface area contributed by atoms with Gasteiger partial charge in [-0.2, -0.15) is 0 Å². The van der Waals surface area contributed by atoms with Crippen molar-refractivity contribution in [3.63, 3.8) is 0 Å². The van der Waals surface area contributed by atoms with Crippen molar-refractivity contribution in [3.8, 4) is 0 Å². The molecule has 1 aliphatic rings. The van der Waals surface area contributed by atoms with E-state index in [9.17, 15) is 19.5 Å². The predicted octanol–water partition coefficient (Wildman–Crippen LogP) is 0.604. The molecule has 0 aromatic rings. The van der Waals surface area contributed by atoms with Gasteiger partial charge < -0.3 is 26.2 Å². The highest BCUT2D eigenvalue weighted by atomic mass is 79.9. The van der Waals surface area contributed by atoms with Crippen molar-refractivity contribution >= 4 is 33.8 Å². The number of ether oxygens (including phenoxy) is 1. The highest BCUT2D eigenvalue weighted by molar-refractivity contribution is 9.09. The summed E-state index contributed by atoms with van der Waals surface area (Å²) in [6.07, 6.45) is 1.68. The number of amides is 1. The number of carbonyl (C=O) groups is 3. The van der Waals surface area contributed by atoms with Crippen LogP contribution in [0.25, 0.3) is 0 Å². The third-order valence-corrected chi connectivity index (χ3v) is 4.61. The lowest BCUT2D eigenvalue weighted by molar-refractivity contribution is -0.180. The normalized spacial score (nSPS) is 24.9. The Kier molecular flexibility index (Phi) is 7.40. The third kappa shape index (κ3) is 5.15. The number of carboxylic acids is 1. The summed E-state index contributed by atoms with van der Waals surface area (Å²) < 4.78 is 5.30. The van der Waals surface area contributed by atoms with Crippen LogP contribution in [0, 0.1) is 0 Å². The molecular formula is C16H28BrN3O5. The van der Waals surface area contributed by atoms with Crippen LogP contribution in [-0.2, 0) is 19.1 Å². The van der Waals surface area contributed by atoms with Gasteiger partial charge in [-0.1, -0.05) is 22.4 Å². The number of carboxylic acid groups (broad SMARTS) is 1. The maximum Gasteiger partial charge on any atom is 0.344 e. The Labute approximate surface area is 156 Å². The molecule has 0 bridgehead atoms. The molecular weight excluding hydrogens is 394 g/mol. The minimum absolute atomic E-state index is 0.0709. The van der Waals surface area contributed by atoms with E-state index in [1.165, 1.54) is 0 Å². The average Bonchev–Trinajstić information content (AvgIpc) is 2.83. The van der Waals surface area contributed by atoms with Gasteiger partial charge in [-0.25, -0.2) is 9.59 Å². The largest absolute Gasteiger partial charge is 0.479 e. The molecule has 0 aliphatic carbocycles. The number of halogens is 1. The van der Waals surface area contributed by atoms with Crippen LogP contribution in [0.2, 0.25) is 0 Å². The number of likely N-dealkylation sites (tertiary alicyclic amines) is 1. The molecule has 3 atom stereocenters. The molecule has 0 aromatic carbocycles. The first-order valence-electron chi connectivity index (χ1n) is 8.33. The summed E-state index contributed by atoms with van der Waals surface area (Å²) in [5, 5.41) is 9.79. The molecule has 0 radical (unpaired) electrons. The first-order chi connectivity index (χ1) is 11.5. The van der Waals surface area contributed by atoms with Gasteiger partial charge in [0.2, 0.25) is 11.4 Å². The first-order valence-corrected chi connectivity index (χ1v) is 9.25. The van der Waals surface area contributed by atoms with Crippen LogP contribution in [0.1, 0.15) is 46.5 Å². The van der Waals surface area contributed by atoms with Crippen LogP contribution in [-0.4, -0.2) is 63.0 Å². The van der Waals surface area contributed by atoms with E-state index in [0.717, 1.165) is 11.3 Å². The maximum atomic E-state index is 12.8. The Morgan fingerprint density at radius 1 is 1.36 bits per heavy atom. The number of carbonyl (C=O) groups excluding carboxylic acids is 2. The zero-order valence-corrected chi connectivity index (χ0v) is 16.5. The topological polar surface area (TPSA) is 136 Å². The summed E-state index contributed by atoms with van der Waals surface area (Å²) in [7, 11) is 0. The van der Waals surface area contributed by atoms with Gasteiger partial charge in [0.05, 0.1) is 6.04 Å². The molecule has 25 heavy (non-hydrogen) atoms. The summed E-state index contributed by atoms with van der Waals surface area (Å²) in [6, 6.07) is -0.884. The summed E-state index contributed by atoms with van der Waals surface area (Å²) in [6.45, 7) is 5.50. The molecule has 1 fully saturated rings. The number of hydrogen-bond acceptors (Lipinski definition) is 6. The van der Waals surface area contributed by atoms with Crippen LogP contribution in [0.3, 0.4) is 0 Å². The van der Waals surface area contributed by atoms with E-state index in [2.05, 4.69) is 15.9 Å². The summed E-state index contributed by atoms with van der Waals surface area (Å²) >= 11 is 3.33. The van der Waals surface area contributed by atoms with Crippen molar-refractivity contribution in [2.24, 2.45) is 11.5 Å². The predicted molar refractivity (Wildman–Crippen MR) is 96.1 cm³/mol. The second-order valence-corrected chi connectivity index (χ2v) is 8.60. The molecule has 1 heterocycles.